The van der Waals surface area contributed by atoms with Crippen molar-refractivity contribution in [2.45, 2.75) is 0 Å². The van der Waals surface area contributed by atoms with Crippen molar-refractivity contribution in [2.75, 3.05) is 46.2 Å². The van der Waals surface area contributed by atoms with Gasteiger partial charge in [0.25, 0.3) is 0 Å². The predicted molar refractivity (Wildman–Crippen MR) is 114 cm³/mol. The Bertz CT molecular complexity index is 756. The first kappa shape index (κ1) is 24.5. The van der Waals surface area contributed by atoms with E-state index in [0.29, 0.717) is 62.2 Å². The maximum Gasteiger partial charge on any atom is 0.193 e. The van der Waals surface area contributed by atoms with E-state index in [1.54, 1.807) is 48.5 Å². The highest BCUT2D eigenvalue weighted by Crippen LogP contribution is 2.18. The minimum absolute atomic E-state index is 0. The summed E-state index contributed by atoms with van der Waals surface area (Å²) >= 11 is 0. The molecule has 0 aromatic heterocycles. The van der Waals surface area contributed by atoms with Gasteiger partial charge in [-0.1, -0.05) is 5.92 Å². The minimum Gasteiger partial charge on any atom is -0.491 e. The number of halogens is 1. The van der Waals surface area contributed by atoms with Crippen LogP contribution in [-0.2, 0) is 9.47 Å². The van der Waals surface area contributed by atoms with Crippen LogP contribution >= 0.6 is 12.4 Å². The predicted octanol–water partition coefficient (Wildman–Crippen LogP) is 2.72. The molecular weight excluding hydrogens is 394 g/mol. The van der Waals surface area contributed by atoms with Gasteiger partial charge < -0.3 is 24.7 Å². The van der Waals surface area contributed by atoms with Crippen molar-refractivity contribution in [3.05, 3.63) is 59.7 Å². The van der Waals surface area contributed by atoms with Crippen LogP contribution in [0.1, 0.15) is 15.9 Å². The van der Waals surface area contributed by atoms with E-state index >= 15 is 0 Å². The first-order valence-corrected chi connectivity index (χ1v) is 9.04. The van der Waals surface area contributed by atoms with Crippen LogP contribution in [0.3, 0.4) is 0 Å². The van der Waals surface area contributed by atoms with E-state index < -0.39 is 0 Å². The molecule has 0 bridgehead atoms. The van der Waals surface area contributed by atoms with Gasteiger partial charge in [0.15, 0.2) is 5.78 Å². The first-order valence-electron chi connectivity index (χ1n) is 9.04. The van der Waals surface area contributed by atoms with Crippen molar-refractivity contribution in [1.82, 2.24) is 0 Å². The van der Waals surface area contributed by atoms with Gasteiger partial charge in [-0.3, -0.25) is 4.79 Å². The number of benzene rings is 2. The van der Waals surface area contributed by atoms with Crippen LogP contribution in [0.5, 0.6) is 11.5 Å². The van der Waals surface area contributed by atoms with Crippen LogP contribution in [0.2, 0.25) is 0 Å². The topological polar surface area (TPSA) is 80.0 Å². The molecule has 2 N–H and O–H groups in total. The van der Waals surface area contributed by atoms with E-state index in [1.807, 2.05) is 0 Å². The molecule has 0 spiro atoms. The lowest BCUT2D eigenvalue weighted by molar-refractivity contribution is 0.0388. The van der Waals surface area contributed by atoms with Crippen molar-refractivity contribution in [3.8, 4) is 23.8 Å². The number of carbonyl (C=O) groups excluding carboxylic acids is 1. The van der Waals surface area contributed by atoms with Crippen molar-refractivity contribution in [3.63, 3.8) is 0 Å². The fraction of sp³-hybridized carbons (Fsp3) is 0.318. The zero-order chi connectivity index (χ0) is 20.0. The molecule has 2 rings (SSSR count). The Balaban J connectivity index is 0.00000420. The van der Waals surface area contributed by atoms with Gasteiger partial charge in [0, 0.05) is 17.7 Å². The highest BCUT2D eigenvalue weighted by atomic mass is 35.5. The molecule has 0 amide bonds. The largest absolute Gasteiger partial charge is 0.491 e. The molecule has 0 fully saturated rings. The molecule has 0 atom stereocenters. The zero-order valence-corrected chi connectivity index (χ0v) is 17.0. The van der Waals surface area contributed by atoms with Gasteiger partial charge in [0.05, 0.1) is 26.4 Å². The number of hydrogen-bond donors (Lipinski definition) is 1. The van der Waals surface area contributed by atoms with E-state index in [9.17, 15) is 4.79 Å². The number of ketones is 1. The summed E-state index contributed by atoms with van der Waals surface area (Å²) in [6, 6.07) is 13.9. The molecular formula is C22H26ClNO5. The number of nitrogens with two attached hydrogens (primary N) is 1. The highest BCUT2D eigenvalue weighted by molar-refractivity contribution is 6.09. The molecule has 0 saturated carbocycles. The summed E-state index contributed by atoms with van der Waals surface area (Å²) in [5.41, 5.74) is 6.48. The van der Waals surface area contributed by atoms with Crippen LogP contribution in [0.15, 0.2) is 48.5 Å². The Hall–Kier alpha value is -2.56. The molecule has 6 nitrogen and oxygen atoms in total. The lowest BCUT2D eigenvalue weighted by atomic mass is 10.0. The average Bonchev–Trinajstić information content (AvgIpc) is 2.74. The summed E-state index contributed by atoms with van der Waals surface area (Å²) in [5.74, 6) is 3.63. The van der Waals surface area contributed by atoms with Crippen molar-refractivity contribution < 1.29 is 23.7 Å². The number of hydrogen-bond acceptors (Lipinski definition) is 6. The number of carbonyl (C=O) groups is 1. The van der Waals surface area contributed by atoms with Gasteiger partial charge in [-0.05, 0) is 48.5 Å². The van der Waals surface area contributed by atoms with E-state index in [0.717, 1.165) is 0 Å². The fourth-order valence-electron chi connectivity index (χ4n) is 2.32. The van der Waals surface area contributed by atoms with Gasteiger partial charge in [-0.15, -0.1) is 18.8 Å². The molecule has 0 heterocycles. The molecule has 0 radical (unpaired) electrons. The summed E-state index contributed by atoms with van der Waals surface area (Å²) in [4.78, 5) is 12.5. The summed E-state index contributed by atoms with van der Waals surface area (Å²) in [7, 11) is 0. The Labute approximate surface area is 177 Å². The minimum atomic E-state index is -0.0733. The normalized spacial score (nSPS) is 9.93. The van der Waals surface area contributed by atoms with E-state index in [2.05, 4.69) is 5.92 Å². The van der Waals surface area contributed by atoms with Gasteiger partial charge >= 0.3 is 0 Å². The second kappa shape index (κ2) is 14.4. The quantitative estimate of drug-likeness (QED) is 0.305. The highest BCUT2D eigenvalue weighted by Gasteiger charge is 2.09. The second-order valence-corrected chi connectivity index (χ2v) is 5.73. The molecule has 29 heavy (non-hydrogen) atoms. The molecule has 0 saturated heterocycles. The average molecular weight is 420 g/mol. The second-order valence-electron chi connectivity index (χ2n) is 5.73. The lowest BCUT2D eigenvalue weighted by Gasteiger charge is -2.08. The van der Waals surface area contributed by atoms with E-state index in [4.69, 9.17) is 31.1 Å². The SMILES string of the molecule is C#CCOc1ccc(C(=O)c2ccc(OCCOCCOCCN)cc2)cc1.Cl. The first-order chi connectivity index (χ1) is 13.7. The molecule has 2 aromatic carbocycles. The Morgan fingerprint density at radius 2 is 1.28 bits per heavy atom. The molecule has 0 aliphatic rings. The van der Waals surface area contributed by atoms with Gasteiger partial charge in [-0.2, -0.15) is 0 Å². The summed E-state index contributed by atoms with van der Waals surface area (Å²) < 4.78 is 21.5. The smallest absolute Gasteiger partial charge is 0.193 e. The van der Waals surface area contributed by atoms with Crippen LogP contribution in [0.25, 0.3) is 0 Å². The van der Waals surface area contributed by atoms with Crippen molar-refractivity contribution in [2.24, 2.45) is 5.73 Å². The summed E-state index contributed by atoms with van der Waals surface area (Å²) in [6.45, 7) is 3.14. The van der Waals surface area contributed by atoms with Crippen molar-refractivity contribution in [1.29, 1.82) is 0 Å². The zero-order valence-electron chi connectivity index (χ0n) is 16.2. The number of ether oxygens (including phenoxy) is 4. The molecule has 7 heteroatoms. The van der Waals surface area contributed by atoms with E-state index in [-0.39, 0.29) is 24.8 Å². The molecule has 0 unspecified atom stereocenters. The Kier molecular flexibility index (Phi) is 12.2. The molecule has 156 valence electrons. The van der Waals surface area contributed by atoms with E-state index in [1.165, 1.54) is 0 Å². The third-order valence-electron chi connectivity index (χ3n) is 3.69. The molecule has 0 aliphatic carbocycles. The monoisotopic (exact) mass is 419 g/mol. The van der Waals surface area contributed by atoms with Crippen LogP contribution in [0.4, 0.5) is 0 Å². The van der Waals surface area contributed by atoms with Crippen LogP contribution in [-0.4, -0.2) is 52.0 Å². The van der Waals surface area contributed by atoms with Crippen molar-refractivity contribution >= 4 is 18.2 Å². The van der Waals surface area contributed by atoms with Gasteiger partial charge in [0.1, 0.15) is 24.7 Å². The maximum absolute atomic E-state index is 12.5. The number of terminal acetylenes is 1. The number of rotatable bonds is 13. The van der Waals surface area contributed by atoms with Crippen LogP contribution in [0, 0.1) is 12.3 Å². The molecule has 2 aromatic rings. The third kappa shape index (κ3) is 8.99. The lowest BCUT2D eigenvalue weighted by Crippen LogP contribution is -2.14. The maximum atomic E-state index is 12.5. The summed E-state index contributed by atoms with van der Waals surface area (Å²) in [5, 5.41) is 0. The Morgan fingerprint density at radius 1 is 0.793 bits per heavy atom. The third-order valence-corrected chi connectivity index (χ3v) is 3.69. The fourth-order valence-corrected chi connectivity index (χ4v) is 2.32. The van der Waals surface area contributed by atoms with Crippen LogP contribution < -0.4 is 15.2 Å². The van der Waals surface area contributed by atoms with Gasteiger partial charge in [0.2, 0.25) is 0 Å². The summed E-state index contributed by atoms with van der Waals surface area (Å²) in [6.07, 6.45) is 5.16. The Morgan fingerprint density at radius 3 is 1.79 bits per heavy atom. The standard InChI is InChI=1S/C22H25NO5.ClH/c1-2-12-27-20-7-3-18(4-8-20)22(24)19-5-9-21(10-6-19)28-17-16-26-15-14-25-13-11-23;/h1,3-10H,11-17,23H2;1H. The molecule has 0 aliphatic heterocycles. The van der Waals surface area contributed by atoms with Gasteiger partial charge in [-0.25, -0.2) is 0 Å².